The number of aromatic nitrogens is 2. The first-order valence-corrected chi connectivity index (χ1v) is 15.2. The van der Waals surface area contributed by atoms with E-state index in [4.69, 9.17) is 0 Å². The molecule has 0 aliphatic carbocycles. The van der Waals surface area contributed by atoms with E-state index in [0.717, 1.165) is 59.2 Å². The molecule has 1 saturated heterocycles. The highest BCUT2D eigenvalue weighted by atomic mass is 19.4. The van der Waals surface area contributed by atoms with E-state index in [9.17, 15) is 18.0 Å². The molecule has 1 aromatic heterocycles. The summed E-state index contributed by atoms with van der Waals surface area (Å²) in [4.78, 5) is 26.8. The van der Waals surface area contributed by atoms with Crippen LogP contribution in [0.4, 0.5) is 30.5 Å². The van der Waals surface area contributed by atoms with Crippen molar-refractivity contribution >= 4 is 34.1 Å². The second-order valence-corrected chi connectivity index (χ2v) is 11.4. The zero-order valence-corrected chi connectivity index (χ0v) is 25.5. The number of anilines is 3. The lowest BCUT2D eigenvalue weighted by molar-refractivity contribution is -0.137. The number of likely N-dealkylation sites (tertiary alicyclic amines) is 1. The van der Waals surface area contributed by atoms with Crippen LogP contribution in [0, 0.1) is 6.92 Å². The van der Waals surface area contributed by atoms with Gasteiger partial charge < -0.3 is 20.4 Å². The smallest absolute Gasteiger partial charge is 0.373 e. The standard InChI is InChI=1S/C34H39F3N6O/c1-4-42(3)31-14-12-27(34(35,36)37)21-30(31)40-32(44)25-10-9-23(2)28(20-25)24-11-13-29-26(19-24)22-39-33(41-29)38-15-8-18-43-16-6-5-7-17-43/h9-14,19-22H,4-8,15-18H2,1-3H3,(H,40,44)(H,38,39,41). The van der Waals surface area contributed by atoms with Crippen LogP contribution in [0.2, 0.25) is 0 Å². The Morgan fingerprint density at radius 1 is 1.02 bits per heavy atom. The molecule has 3 aromatic carbocycles. The van der Waals surface area contributed by atoms with E-state index in [0.29, 0.717) is 23.7 Å². The summed E-state index contributed by atoms with van der Waals surface area (Å²) < 4.78 is 40.4. The van der Waals surface area contributed by atoms with Crippen LogP contribution in [0.5, 0.6) is 0 Å². The van der Waals surface area contributed by atoms with Gasteiger partial charge in [-0.2, -0.15) is 13.2 Å². The number of nitrogens with one attached hydrogen (secondary N) is 2. The lowest BCUT2D eigenvalue weighted by Crippen LogP contribution is -2.31. The second kappa shape index (κ2) is 13.6. The molecular weight excluding hydrogens is 565 g/mol. The van der Waals surface area contributed by atoms with Crippen molar-refractivity contribution in [1.82, 2.24) is 14.9 Å². The molecule has 0 radical (unpaired) electrons. The fourth-order valence-corrected chi connectivity index (χ4v) is 5.56. The molecule has 4 aromatic rings. The number of rotatable bonds is 10. The number of halogens is 3. The van der Waals surface area contributed by atoms with E-state index in [1.807, 2.05) is 38.1 Å². The molecule has 0 spiro atoms. The third kappa shape index (κ3) is 7.48. The summed E-state index contributed by atoms with van der Waals surface area (Å²) in [7, 11) is 1.77. The first-order chi connectivity index (χ1) is 21.1. The van der Waals surface area contributed by atoms with Gasteiger partial charge in [-0.3, -0.25) is 4.79 Å². The molecule has 2 heterocycles. The van der Waals surface area contributed by atoms with Crippen LogP contribution in [-0.2, 0) is 6.18 Å². The number of carbonyl (C=O) groups excluding carboxylic acids is 1. The number of amides is 1. The Bertz CT molecular complexity index is 1620. The molecule has 1 aliphatic heterocycles. The molecule has 1 aliphatic rings. The minimum absolute atomic E-state index is 0.107. The predicted octanol–water partition coefficient (Wildman–Crippen LogP) is 7.62. The van der Waals surface area contributed by atoms with Gasteiger partial charge in [0.25, 0.3) is 5.91 Å². The molecule has 0 unspecified atom stereocenters. The van der Waals surface area contributed by atoms with Gasteiger partial charge >= 0.3 is 6.18 Å². The van der Waals surface area contributed by atoms with Crippen molar-refractivity contribution in [3.05, 3.63) is 77.5 Å². The summed E-state index contributed by atoms with van der Waals surface area (Å²) in [6.07, 6.45) is 2.22. The van der Waals surface area contributed by atoms with E-state index in [2.05, 4.69) is 25.5 Å². The van der Waals surface area contributed by atoms with Gasteiger partial charge in [-0.05, 0) is 112 Å². The highest BCUT2D eigenvalue weighted by Crippen LogP contribution is 2.36. The van der Waals surface area contributed by atoms with Crippen LogP contribution >= 0.6 is 0 Å². The third-order valence-corrected chi connectivity index (χ3v) is 8.23. The Balaban J connectivity index is 1.31. The molecule has 0 bridgehead atoms. The summed E-state index contributed by atoms with van der Waals surface area (Å²) in [5, 5.41) is 6.92. The molecule has 2 N–H and O–H groups in total. The first kappa shape index (κ1) is 31.3. The molecule has 0 atom stereocenters. The average Bonchev–Trinajstić information content (AvgIpc) is 3.02. The quantitative estimate of drug-likeness (QED) is 0.182. The number of hydrogen-bond acceptors (Lipinski definition) is 6. The number of nitrogens with zero attached hydrogens (tertiary/aromatic N) is 4. The van der Waals surface area contributed by atoms with Gasteiger partial charge in [-0.25, -0.2) is 9.97 Å². The monoisotopic (exact) mass is 604 g/mol. The van der Waals surface area contributed by atoms with Gasteiger partial charge in [0.05, 0.1) is 22.5 Å². The van der Waals surface area contributed by atoms with Gasteiger partial charge in [0.15, 0.2) is 0 Å². The molecular formula is C34H39F3N6O. The summed E-state index contributed by atoms with van der Waals surface area (Å²) in [5.74, 6) is 0.109. The van der Waals surface area contributed by atoms with Gasteiger partial charge in [-0.1, -0.05) is 18.6 Å². The minimum Gasteiger partial charge on any atom is -0.373 e. The summed E-state index contributed by atoms with van der Waals surface area (Å²) in [5.41, 5.74) is 3.63. The van der Waals surface area contributed by atoms with Crippen molar-refractivity contribution in [2.45, 2.75) is 45.7 Å². The van der Waals surface area contributed by atoms with Crippen LogP contribution < -0.4 is 15.5 Å². The highest BCUT2D eigenvalue weighted by Gasteiger charge is 2.31. The van der Waals surface area contributed by atoms with E-state index < -0.39 is 17.6 Å². The van der Waals surface area contributed by atoms with Crippen molar-refractivity contribution < 1.29 is 18.0 Å². The van der Waals surface area contributed by atoms with E-state index in [1.54, 1.807) is 30.3 Å². The zero-order valence-electron chi connectivity index (χ0n) is 25.5. The Morgan fingerprint density at radius 3 is 2.57 bits per heavy atom. The van der Waals surface area contributed by atoms with Crippen LogP contribution in [0.1, 0.15) is 54.1 Å². The summed E-state index contributed by atoms with van der Waals surface area (Å²) >= 11 is 0. The number of fused-ring (bicyclic) bond motifs is 1. The van der Waals surface area contributed by atoms with Crippen molar-refractivity contribution in [2.75, 3.05) is 55.3 Å². The fourth-order valence-electron chi connectivity index (χ4n) is 5.56. The van der Waals surface area contributed by atoms with Crippen molar-refractivity contribution in [3.8, 4) is 11.1 Å². The molecule has 232 valence electrons. The molecule has 10 heteroatoms. The van der Waals surface area contributed by atoms with E-state index in [1.165, 1.54) is 38.4 Å². The molecule has 5 rings (SSSR count). The van der Waals surface area contributed by atoms with Crippen molar-refractivity contribution in [1.29, 1.82) is 0 Å². The van der Waals surface area contributed by atoms with Crippen molar-refractivity contribution in [2.24, 2.45) is 0 Å². The summed E-state index contributed by atoms with van der Waals surface area (Å²) in [6.45, 7) is 8.67. The molecule has 1 amide bonds. The Morgan fingerprint density at radius 2 is 1.82 bits per heavy atom. The number of benzene rings is 3. The number of piperidine rings is 1. The van der Waals surface area contributed by atoms with Crippen LogP contribution in [0.25, 0.3) is 22.0 Å². The van der Waals surface area contributed by atoms with Gasteiger partial charge in [0.2, 0.25) is 5.95 Å². The number of carbonyl (C=O) groups is 1. The zero-order chi connectivity index (χ0) is 31.3. The normalized spacial score (nSPS) is 14.0. The lowest BCUT2D eigenvalue weighted by atomic mass is 9.97. The third-order valence-electron chi connectivity index (χ3n) is 8.23. The second-order valence-electron chi connectivity index (χ2n) is 11.4. The Hall–Kier alpha value is -4.18. The largest absolute Gasteiger partial charge is 0.416 e. The predicted molar refractivity (Wildman–Crippen MR) is 171 cm³/mol. The van der Waals surface area contributed by atoms with Gasteiger partial charge in [0, 0.05) is 37.3 Å². The molecule has 1 fully saturated rings. The molecule has 44 heavy (non-hydrogen) atoms. The number of alkyl halides is 3. The molecule has 7 nitrogen and oxygen atoms in total. The maximum Gasteiger partial charge on any atom is 0.416 e. The molecule has 0 saturated carbocycles. The summed E-state index contributed by atoms with van der Waals surface area (Å²) in [6, 6.07) is 14.6. The maximum absolute atomic E-state index is 13.5. The lowest BCUT2D eigenvalue weighted by Gasteiger charge is -2.26. The van der Waals surface area contributed by atoms with Crippen LogP contribution in [0.15, 0.2) is 60.8 Å². The number of aryl methyl sites for hydroxylation is 1. The first-order valence-electron chi connectivity index (χ1n) is 15.2. The topological polar surface area (TPSA) is 73.4 Å². The van der Waals surface area contributed by atoms with Crippen LogP contribution in [-0.4, -0.2) is 60.5 Å². The van der Waals surface area contributed by atoms with Gasteiger partial charge in [-0.15, -0.1) is 0 Å². The Kier molecular flexibility index (Phi) is 9.68. The SMILES string of the molecule is CCN(C)c1ccc(C(F)(F)F)cc1NC(=O)c1ccc(C)c(-c2ccc3nc(NCCCN4CCCCC4)ncc3c2)c1. The Labute approximate surface area is 256 Å². The number of hydrogen-bond donors (Lipinski definition) is 2. The highest BCUT2D eigenvalue weighted by molar-refractivity contribution is 6.07. The average molecular weight is 605 g/mol. The van der Waals surface area contributed by atoms with E-state index >= 15 is 0 Å². The van der Waals surface area contributed by atoms with Crippen LogP contribution in [0.3, 0.4) is 0 Å². The van der Waals surface area contributed by atoms with E-state index in [-0.39, 0.29) is 5.69 Å². The van der Waals surface area contributed by atoms with Crippen molar-refractivity contribution in [3.63, 3.8) is 0 Å². The maximum atomic E-state index is 13.5. The fraction of sp³-hybridized carbons (Fsp3) is 0.382. The van der Waals surface area contributed by atoms with Gasteiger partial charge in [0.1, 0.15) is 0 Å². The minimum atomic E-state index is -4.52.